The summed E-state index contributed by atoms with van der Waals surface area (Å²) >= 11 is 0. The van der Waals surface area contributed by atoms with Gasteiger partial charge in [0.05, 0.1) is 12.5 Å². The van der Waals surface area contributed by atoms with Crippen molar-refractivity contribution < 1.29 is 4.79 Å². The Morgan fingerprint density at radius 1 is 1.27 bits per heavy atom. The molecule has 0 bridgehead atoms. The van der Waals surface area contributed by atoms with Crippen LogP contribution in [0.1, 0.15) is 12.8 Å². The Morgan fingerprint density at radius 3 is 3.13 bits per heavy atom. The lowest BCUT2D eigenvalue weighted by atomic mass is 9.81. The van der Waals surface area contributed by atoms with Crippen molar-refractivity contribution in [3.8, 4) is 0 Å². The lowest BCUT2D eigenvalue weighted by Gasteiger charge is -2.21. The molecule has 1 fully saturated rings. The predicted octanol–water partition coefficient (Wildman–Crippen LogP) is 2.09. The van der Waals surface area contributed by atoms with Gasteiger partial charge >= 0.3 is 0 Å². The number of hydrogen-bond acceptors (Lipinski definition) is 2. The fourth-order valence-electron chi connectivity index (χ4n) is 2.68. The van der Waals surface area contributed by atoms with Gasteiger partial charge in [-0.3, -0.25) is 9.79 Å². The average Bonchev–Trinajstić information content (AvgIpc) is 2.52. The Balaban J connectivity index is 2.05. The van der Waals surface area contributed by atoms with E-state index in [-0.39, 0.29) is 11.8 Å². The Morgan fingerprint density at radius 2 is 2.20 bits per heavy atom. The second-order valence-corrected chi connectivity index (χ2v) is 4.25. The summed E-state index contributed by atoms with van der Waals surface area (Å²) in [6.07, 6.45) is 12.0. The van der Waals surface area contributed by atoms with Gasteiger partial charge in [-0.1, -0.05) is 30.4 Å². The Bertz CT molecular complexity index is 426. The molecule has 1 aliphatic heterocycles. The third-order valence-electron chi connectivity index (χ3n) is 3.42. The van der Waals surface area contributed by atoms with Crippen molar-refractivity contribution in [2.45, 2.75) is 12.8 Å². The maximum atomic E-state index is 11.9. The van der Waals surface area contributed by atoms with Crippen LogP contribution in [0.5, 0.6) is 0 Å². The van der Waals surface area contributed by atoms with Crippen LogP contribution in [0.2, 0.25) is 0 Å². The first-order valence-corrected chi connectivity index (χ1v) is 5.47. The van der Waals surface area contributed by atoms with Crippen LogP contribution in [0.25, 0.3) is 0 Å². The van der Waals surface area contributed by atoms with Gasteiger partial charge in [0.25, 0.3) is 0 Å². The van der Waals surface area contributed by atoms with Crippen LogP contribution < -0.4 is 0 Å². The summed E-state index contributed by atoms with van der Waals surface area (Å²) in [5.41, 5.74) is 2.38. The van der Waals surface area contributed by atoms with Gasteiger partial charge in [-0.05, 0) is 12.0 Å². The molecule has 2 heteroatoms. The quantitative estimate of drug-likeness (QED) is 0.587. The maximum Gasteiger partial charge on any atom is 0.142 e. The minimum atomic E-state index is 0.0416. The van der Waals surface area contributed by atoms with Gasteiger partial charge in [-0.25, -0.2) is 0 Å². The monoisotopic (exact) mass is 199 g/mol. The van der Waals surface area contributed by atoms with E-state index >= 15 is 0 Å². The van der Waals surface area contributed by atoms with E-state index in [0.717, 1.165) is 18.7 Å². The van der Waals surface area contributed by atoms with Crippen LogP contribution >= 0.6 is 0 Å². The molecule has 0 aromatic heterocycles. The highest BCUT2D eigenvalue weighted by Gasteiger charge is 2.38. The molecule has 0 saturated heterocycles. The first kappa shape index (κ1) is 8.84. The highest BCUT2D eigenvalue weighted by Crippen LogP contribution is 2.35. The molecule has 0 N–H and O–H groups in total. The highest BCUT2D eigenvalue weighted by atomic mass is 16.1. The summed E-state index contributed by atoms with van der Waals surface area (Å²) in [6.45, 7) is 0.739. The largest absolute Gasteiger partial charge is 0.299 e. The van der Waals surface area contributed by atoms with Crippen LogP contribution in [0.4, 0.5) is 0 Å². The van der Waals surface area contributed by atoms with Crippen LogP contribution in [0, 0.1) is 11.8 Å². The van der Waals surface area contributed by atoms with Crippen molar-refractivity contribution in [3.63, 3.8) is 0 Å². The van der Waals surface area contributed by atoms with E-state index in [9.17, 15) is 4.79 Å². The van der Waals surface area contributed by atoms with E-state index in [1.54, 1.807) is 0 Å². The fourth-order valence-corrected chi connectivity index (χ4v) is 2.68. The number of hydrogen-bond donors (Lipinski definition) is 0. The second kappa shape index (κ2) is 3.30. The molecule has 0 radical (unpaired) electrons. The molecule has 0 aromatic rings. The van der Waals surface area contributed by atoms with E-state index in [0.29, 0.717) is 12.2 Å². The van der Waals surface area contributed by atoms with E-state index in [1.807, 2.05) is 12.2 Å². The summed E-state index contributed by atoms with van der Waals surface area (Å²) < 4.78 is 0. The van der Waals surface area contributed by atoms with Gasteiger partial charge in [0, 0.05) is 18.1 Å². The van der Waals surface area contributed by atoms with E-state index in [1.165, 1.54) is 5.57 Å². The second-order valence-electron chi connectivity index (χ2n) is 4.25. The number of carbonyl (C=O) groups is 1. The summed E-state index contributed by atoms with van der Waals surface area (Å²) in [6, 6.07) is 0. The first-order valence-electron chi connectivity index (χ1n) is 5.47. The Kier molecular flexibility index (Phi) is 1.94. The standard InChI is InChI=1S/C13H13NO/c15-12-6-5-11-13(12)10-4-2-1-3-9(10)7-8-14-11/h1-4,7,10,13H,5-6,8H2. The van der Waals surface area contributed by atoms with E-state index in [2.05, 4.69) is 23.2 Å². The zero-order valence-electron chi connectivity index (χ0n) is 8.52. The number of Topliss-reactive ketones (excluding diaryl/α,β-unsaturated/α-hetero) is 1. The average molecular weight is 199 g/mol. The predicted molar refractivity (Wildman–Crippen MR) is 59.9 cm³/mol. The molecular weight excluding hydrogens is 186 g/mol. The van der Waals surface area contributed by atoms with Crippen molar-refractivity contribution in [1.29, 1.82) is 0 Å². The van der Waals surface area contributed by atoms with Crippen molar-refractivity contribution in [1.82, 2.24) is 0 Å². The minimum absolute atomic E-state index is 0.0416. The number of rotatable bonds is 0. The van der Waals surface area contributed by atoms with Gasteiger partial charge in [-0.15, -0.1) is 0 Å². The van der Waals surface area contributed by atoms with Crippen LogP contribution in [-0.2, 0) is 4.79 Å². The molecule has 0 amide bonds. The molecular formula is C13H13NO. The zero-order valence-corrected chi connectivity index (χ0v) is 8.52. The highest BCUT2D eigenvalue weighted by molar-refractivity contribution is 6.12. The van der Waals surface area contributed by atoms with Crippen LogP contribution in [-0.4, -0.2) is 18.0 Å². The number of allylic oxidation sites excluding steroid dienone is 5. The normalized spacial score (nSPS) is 32.9. The number of ketones is 1. The molecule has 2 atom stereocenters. The fraction of sp³-hybridized carbons (Fsp3) is 0.385. The third-order valence-corrected chi connectivity index (χ3v) is 3.42. The molecule has 0 aromatic carbocycles. The molecule has 0 spiro atoms. The lowest BCUT2D eigenvalue weighted by molar-refractivity contribution is -0.120. The van der Waals surface area contributed by atoms with Crippen molar-refractivity contribution in [3.05, 3.63) is 36.0 Å². The number of nitrogens with zero attached hydrogens (tertiary/aromatic N) is 1. The minimum Gasteiger partial charge on any atom is -0.299 e. The van der Waals surface area contributed by atoms with Crippen LogP contribution in [0.15, 0.2) is 40.9 Å². The Labute approximate surface area is 89.1 Å². The molecule has 2 unspecified atom stereocenters. The smallest absolute Gasteiger partial charge is 0.142 e. The molecule has 3 rings (SSSR count). The van der Waals surface area contributed by atoms with E-state index in [4.69, 9.17) is 0 Å². The third kappa shape index (κ3) is 1.32. The summed E-state index contributed by atoms with van der Waals surface area (Å²) in [7, 11) is 0. The molecule has 1 heterocycles. The van der Waals surface area contributed by atoms with E-state index < -0.39 is 0 Å². The SMILES string of the molecule is O=C1CCC2=NCC=C3C=CC=CC3C12. The summed E-state index contributed by atoms with van der Waals surface area (Å²) in [5.74, 6) is 0.665. The van der Waals surface area contributed by atoms with Crippen molar-refractivity contribution >= 4 is 11.5 Å². The van der Waals surface area contributed by atoms with Gasteiger partial charge in [-0.2, -0.15) is 0 Å². The number of fused-ring (bicyclic) bond motifs is 3. The zero-order chi connectivity index (χ0) is 10.3. The van der Waals surface area contributed by atoms with Gasteiger partial charge in [0.15, 0.2) is 0 Å². The van der Waals surface area contributed by atoms with Crippen molar-refractivity contribution in [2.24, 2.45) is 16.8 Å². The van der Waals surface area contributed by atoms with Gasteiger partial charge in [0.2, 0.25) is 0 Å². The maximum absolute atomic E-state index is 11.9. The summed E-state index contributed by atoms with van der Waals surface area (Å²) in [4.78, 5) is 16.4. The number of carbonyl (C=O) groups excluding carboxylic acids is 1. The first-order chi connectivity index (χ1) is 7.36. The molecule has 1 saturated carbocycles. The molecule has 2 aliphatic carbocycles. The topological polar surface area (TPSA) is 29.4 Å². The van der Waals surface area contributed by atoms with Crippen LogP contribution in [0.3, 0.4) is 0 Å². The lowest BCUT2D eigenvalue weighted by Crippen LogP contribution is -2.24. The van der Waals surface area contributed by atoms with Gasteiger partial charge in [0.1, 0.15) is 5.78 Å². The molecule has 15 heavy (non-hydrogen) atoms. The summed E-state index contributed by atoms with van der Waals surface area (Å²) in [5, 5.41) is 0. The van der Waals surface area contributed by atoms with Gasteiger partial charge < -0.3 is 0 Å². The molecule has 3 aliphatic rings. The Hall–Kier alpha value is -1.44. The molecule has 76 valence electrons. The van der Waals surface area contributed by atoms with Crippen molar-refractivity contribution in [2.75, 3.05) is 6.54 Å². The molecule has 2 nitrogen and oxygen atoms in total. The number of aliphatic imine (C=N–C) groups is 1.